The van der Waals surface area contributed by atoms with Gasteiger partial charge in [0.05, 0.1) is 27.5 Å². The van der Waals surface area contributed by atoms with Gasteiger partial charge in [0.25, 0.3) is 21.8 Å². The molecule has 0 heterocycles. The summed E-state index contributed by atoms with van der Waals surface area (Å²) in [4.78, 5) is 24.9. The minimum Gasteiger partial charge on any atom is -0.484 e. The van der Waals surface area contributed by atoms with Crippen LogP contribution in [-0.4, -0.2) is 39.6 Å². The lowest BCUT2D eigenvalue weighted by molar-refractivity contribution is -0.119. The van der Waals surface area contributed by atoms with Gasteiger partial charge in [-0.2, -0.15) is 5.10 Å². The van der Waals surface area contributed by atoms with Gasteiger partial charge in [0.15, 0.2) is 6.61 Å². The van der Waals surface area contributed by atoms with E-state index in [1.807, 2.05) is 6.92 Å². The van der Waals surface area contributed by atoms with Gasteiger partial charge in [-0.1, -0.05) is 59.6 Å². The number of carbonyl (C=O) groups is 2. The van der Waals surface area contributed by atoms with Gasteiger partial charge in [-0.05, 0) is 73.2 Å². The summed E-state index contributed by atoms with van der Waals surface area (Å²) in [6.45, 7) is 1.21. The lowest BCUT2D eigenvalue weighted by atomic mass is 10.2. The zero-order valence-corrected chi connectivity index (χ0v) is 23.6. The zero-order valence-electron chi connectivity index (χ0n) is 22.0. The highest BCUT2D eigenvalue weighted by Crippen LogP contribution is 2.24. The third kappa shape index (κ3) is 8.17. The van der Waals surface area contributed by atoms with Crippen LogP contribution in [-0.2, 0) is 19.6 Å². The molecule has 11 heteroatoms. The smallest absolute Gasteiger partial charge is 0.264 e. The lowest BCUT2D eigenvalue weighted by Crippen LogP contribution is -2.39. The van der Waals surface area contributed by atoms with Gasteiger partial charge in [-0.25, -0.2) is 13.8 Å². The molecule has 4 aromatic carbocycles. The summed E-state index contributed by atoms with van der Waals surface area (Å²) >= 11 is 6.04. The Kier molecular flexibility index (Phi) is 9.73. The first-order valence-electron chi connectivity index (χ1n) is 12.5. The SMILES string of the molecule is Cc1ccc(N(CC(=O)N/N=C\c2ccc(OCC(=O)Nc3ccccc3Cl)cc2)S(=O)(=O)c2ccccc2)cc1. The highest BCUT2D eigenvalue weighted by molar-refractivity contribution is 7.92. The highest BCUT2D eigenvalue weighted by atomic mass is 35.5. The molecule has 0 bridgehead atoms. The molecule has 0 fully saturated rings. The summed E-state index contributed by atoms with van der Waals surface area (Å²) in [7, 11) is -4.00. The van der Waals surface area contributed by atoms with E-state index in [4.69, 9.17) is 16.3 Å². The monoisotopic (exact) mass is 590 g/mol. The molecule has 0 aromatic heterocycles. The van der Waals surface area contributed by atoms with Crippen molar-refractivity contribution in [2.45, 2.75) is 11.8 Å². The van der Waals surface area contributed by atoms with Crippen LogP contribution in [0, 0.1) is 6.92 Å². The van der Waals surface area contributed by atoms with Gasteiger partial charge in [-0.15, -0.1) is 0 Å². The fourth-order valence-electron chi connectivity index (χ4n) is 3.64. The number of ether oxygens (including phenoxy) is 1. The van der Waals surface area contributed by atoms with E-state index in [1.54, 1.807) is 91.0 Å². The van der Waals surface area contributed by atoms with Crippen LogP contribution in [0.2, 0.25) is 5.02 Å². The summed E-state index contributed by atoms with van der Waals surface area (Å²) in [5, 5.41) is 7.06. The molecule has 0 saturated heterocycles. The van der Waals surface area contributed by atoms with Gasteiger partial charge >= 0.3 is 0 Å². The van der Waals surface area contributed by atoms with Crippen LogP contribution in [0.15, 0.2) is 113 Å². The van der Waals surface area contributed by atoms with Crippen molar-refractivity contribution < 1.29 is 22.7 Å². The Labute approximate surface area is 243 Å². The Morgan fingerprint density at radius 2 is 1.54 bits per heavy atom. The van der Waals surface area contributed by atoms with Crippen LogP contribution in [0.1, 0.15) is 11.1 Å². The molecular formula is C30H27ClN4O5S. The number of benzene rings is 4. The van der Waals surface area contributed by atoms with E-state index in [0.717, 1.165) is 9.87 Å². The Bertz CT molecular complexity index is 1630. The molecule has 4 aromatic rings. The van der Waals surface area contributed by atoms with E-state index in [-0.39, 0.29) is 17.4 Å². The fourth-order valence-corrected chi connectivity index (χ4v) is 5.26. The van der Waals surface area contributed by atoms with Crippen molar-refractivity contribution >= 4 is 51.0 Å². The Hall–Kier alpha value is -4.67. The maximum atomic E-state index is 13.3. The molecule has 0 aliphatic carbocycles. The second-order valence-corrected chi connectivity index (χ2v) is 11.1. The molecule has 2 amide bonds. The number of hydrogen-bond donors (Lipinski definition) is 2. The Morgan fingerprint density at radius 1 is 0.878 bits per heavy atom. The van der Waals surface area contributed by atoms with E-state index >= 15 is 0 Å². The normalized spacial score (nSPS) is 11.2. The molecule has 0 atom stereocenters. The number of sulfonamides is 1. The number of aryl methyl sites for hydroxylation is 1. The number of halogens is 1. The molecule has 0 spiro atoms. The number of para-hydroxylation sites is 1. The van der Waals surface area contributed by atoms with Crippen LogP contribution < -0.4 is 19.8 Å². The number of carbonyl (C=O) groups excluding carboxylic acids is 2. The number of hydrazone groups is 1. The van der Waals surface area contributed by atoms with Crippen molar-refractivity contribution in [1.29, 1.82) is 0 Å². The van der Waals surface area contributed by atoms with E-state index in [9.17, 15) is 18.0 Å². The quantitative estimate of drug-likeness (QED) is 0.188. The number of rotatable bonds is 11. The molecule has 0 unspecified atom stereocenters. The molecule has 0 radical (unpaired) electrons. The predicted molar refractivity (Wildman–Crippen MR) is 160 cm³/mol. The second-order valence-electron chi connectivity index (χ2n) is 8.84. The van der Waals surface area contributed by atoms with Crippen LogP contribution in [0.25, 0.3) is 0 Å². The van der Waals surface area contributed by atoms with Gasteiger partial charge < -0.3 is 10.1 Å². The number of nitrogens with zero attached hydrogens (tertiary/aromatic N) is 2. The molecule has 0 aliphatic rings. The maximum Gasteiger partial charge on any atom is 0.264 e. The average molecular weight is 591 g/mol. The van der Waals surface area contributed by atoms with Crippen molar-refractivity contribution in [2.75, 3.05) is 22.8 Å². The zero-order chi connectivity index (χ0) is 29.2. The van der Waals surface area contributed by atoms with Crippen molar-refractivity contribution in [1.82, 2.24) is 5.43 Å². The highest BCUT2D eigenvalue weighted by Gasteiger charge is 2.27. The van der Waals surface area contributed by atoms with Crippen molar-refractivity contribution in [2.24, 2.45) is 5.10 Å². The summed E-state index contributed by atoms with van der Waals surface area (Å²) in [5.74, 6) is -0.522. The van der Waals surface area contributed by atoms with E-state index in [1.165, 1.54) is 18.3 Å². The van der Waals surface area contributed by atoms with E-state index in [2.05, 4.69) is 15.8 Å². The largest absolute Gasteiger partial charge is 0.484 e. The van der Waals surface area contributed by atoms with Gasteiger partial charge in [0.1, 0.15) is 12.3 Å². The third-order valence-electron chi connectivity index (χ3n) is 5.74. The minimum atomic E-state index is -4.00. The summed E-state index contributed by atoms with van der Waals surface area (Å²) in [6.07, 6.45) is 1.41. The maximum absolute atomic E-state index is 13.3. The first kappa shape index (κ1) is 29.3. The lowest BCUT2D eigenvalue weighted by Gasteiger charge is -2.23. The molecule has 41 heavy (non-hydrogen) atoms. The summed E-state index contributed by atoms with van der Waals surface area (Å²) in [6, 6.07) is 28.3. The van der Waals surface area contributed by atoms with Gasteiger partial charge in [-0.3, -0.25) is 13.9 Å². The number of nitrogens with one attached hydrogen (secondary N) is 2. The fraction of sp³-hybridized carbons (Fsp3) is 0.100. The summed E-state index contributed by atoms with van der Waals surface area (Å²) < 4.78 is 33.2. The molecule has 4 rings (SSSR count). The molecule has 210 valence electrons. The van der Waals surface area contributed by atoms with Crippen LogP contribution in [0.4, 0.5) is 11.4 Å². The molecular weight excluding hydrogens is 564 g/mol. The molecule has 0 saturated carbocycles. The van der Waals surface area contributed by atoms with Crippen molar-refractivity contribution in [3.63, 3.8) is 0 Å². The molecule has 2 N–H and O–H groups in total. The molecule has 0 aliphatic heterocycles. The first-order valence-corrected chi connectivity index (χ1v) is 14.3. The second kappa shape index (κ2) is 13.6. The van der Waals surface area contributed by atoms with Crippen LogP contribution in [0.5, 0.6) is 5.75 Å². The topological polar surface area (TPSA) is 117 Å². The summed E-state index contributed by atoms with van der Waals surface area (Å²) in [5.41, 5.74) is 4.83. The van der Waals surface area contributed by atoms with Crippen molar-refractivity contribution in [3.8, 4) is 5.75 Å². The van der Waals surface area contributed by atoms with Crippen LogP contribution in [0.3, 0.4) is 0 Å². The average Bonchev–Trinajstić information content (AvgIpc) is 2.98. The first-order chi connectivity index (χ1) is 19.7. The van der Waals surface area contributed by atoms with E-state index < -0.39 is 22.5 Å². The standard InChI is InChI=1S/C30H27ClN4O5S/c1-22-11-15-24(16-12-22)35(41(38,39)26-7-3-2-4-8-26)20-29(36)34-32-19-23-13-17-25(18-14-23)40-21-30(37)33-28-10-6-5-9-27(28)31/h2-19H,20-21H2,1H3,(H,33,37)(H,34,36)/b32-19-. The predicted octanol–water partition coefficient (Wildman–Crippen LogP) is 5.01. The number of anilines is 2. The van der Waals surface area contributed by atoms with E-state index in [0.29, 0.717) is 27.7 Å². The minimum absolute atomic E-state index is 0.0699. The number of hydrogen-bond acceptors (Lipinski definition) is 6. The third-order valence-corrected chi connectivity index (χ3v) is 7.86. The van der Waals surface area contributed by atoms with Crippen LogP contribution >= 0.6 is 11.6 Å². The Balaban J connectivity index is 1.34. The Morgan fingerprint density at radius 3 is 2.22 bits per heavy atom. The van der Waals surface area contributed by atoms with Crippen molar-refractivity contribution in [3.05, 3.63) is 119 Å². The van der Waals surface area contributed by atoms with Gasteiger partial charge in [0, 0.05) is 0 Å². The van der Waals surface area contributed by atoms with Gasteiger partial charge in [0.2, 0.25) is 0 Å². The molecule has 9 nitrogen and oxygen atoms in total. The number of amides is 2.